The van der Waals surface area contributed by atoms with Crippen LogP contribution in [-0.4, -0.2) is 59.1 Å². The van der Waals surface area contributed by atoms with Crippen molar-refractivity contribution in [3.63, 3.8) is 0 Å². The van der Waals surface area contributed by atoms with Crippen molar-refractivity contribution in [1.29, 1.82) is 0 Å². The monoisotopic (exact) mass is 240 g/mol. The lowest BCUT2D eigenvalue weighted by Gasteiger charge is -2.38. The number of likely N-dealkylation sites (N-methyl/N-ethyl adjacent to an activating group) is 2. The van der Waals surface area contributed by atoms with E-state index in [1.165, 1.54) is 5.69 Å². The molecule has 0 saturated carbocycles. The zero-order chi connectivity index (χ0) is 11.7. The number of nitrogens with zero attached hydrogens (tertiary/aromatic N) is 3. The molecule has 4 nitrogen and oxygen atoms in total. The van der Waals surface area contributed by atoms with Gasteiger partial charge in [0.25, 0.3) is 0 Å². The summed E-state index contributed by atoms with van der Waals surface area (Å²) in [5.41, 5.74) is 1.21. The Morgan fingerprint density at radius 1 is 1.44 bits per heavy atom. The number of aromatic amines is 1. The van der Waals surface area contributed by atoms with Crippen LogP contribution in [0.1, 0.15) is 5.69 Å². The zero-order valence-corrected chi connectivity index (χ0v) is 11.0. The number of imidazole rings is 1. The summed E-state index contributed by atoms with van der Waals surface area (Å²) in [7, 11) is 4.38. The maximum atomic E-state index is 5.28. The molecular weight excluding hydrogens is 220 g/mol. The van der Waals surface area contributed by atoms with Crippen LogP contribution in [0.3, 0.4) is 0 Å². The fraction of sp³-hybridized carbons (Fsp3) is 0.727. The molecule has 0 aromatic carbocycles. The molecule has 1 saturated heterocycles. The van der Waals surface area contributed by atoms with Crippen LogP contribution in [0.5, 0.6) is 0 Å². The van der Waals surface area contributed by atoms with Crippen LogP contribution in [0, 0.1) is 11.7 Å². The average molecular weight is 240 g/mol. The number of piperazine rings is 1. The minimum atomic E-state index is 0.556. The van der Waals surface area contributed by atoms with Crippen LogP contribution in [0.4, 0.5) is 0 Å². The zero-order valence-electron chi connectivity index (χ0n) is 10.2. The minimum Gasteiger partial charge on any atom is -0.337 e. The number of hydrogen-bond acceptors (Lipinski definition) is 3. The van der Waals surface area contributed by atoms with Crippen LogP contribution in [0.15, 0.2) is 6.20 Å². The molecule has 2 rings (SSSR count). The number of hydrogen-bond donors (Lipinski definition) is 1. The van der Waals surface area contributed by atoms with E-state index in [2.05, 4.69) is 40.4 Å². The van der Waals surface area contributed by atoms with Crippen LogP contribution in [0.2, 0.25) is 0 Å². The molecule has 1 aliphatic rings. The molecule has 1 unspecified atom stereocenters. The quantitative estimate of drug-likeness (QED) is 0.784. The Morgan fingerprint density at radius 3 is 2.81 bits per heavy atom. The third-order valence-electron chi connectivity index (χ3n) is 3.45. The largest absolute Gasteiger partial charge is 0.337 e. The molecule has 1 aromatic heterocycles. The first-order valence-corrected chi connectivity index (χ1v) is 6.12. The summed E-state index contributed by atoms with van der Waals surface area (Å²) in [5.74, 6) is 0. The van der Waals surface area contributed by atoms with E-state index in [0.29, 0.717) is 6.04 Å². The van der Waals surface area contributed by atoms with Gasteiger partial charge in [-0.3, -0.25) is 4.90 Å². The lowest BCUT2D eigenvalue weighted by atomic mass is 10.2. The molecule has 90 valence electrons. The molecule has 0 amide bonds. The maximum absolute atomic E-state index is 5.28. The number of nitrogens with one attached hydrogen (secondary N) is 1. The maximum Gasteiger partial charge on any atom is 0.177 e. The Morgan fingerprint density at radius 2 is 2.19 bits per heavy atom. The Kier molecular flexibility index (Phi) is 3.47. The molecule has 0 radical (unpaired) electrons. The molecule has 16 heavy (non-hydrogen) atoms. The van der Waals surface area contributed by atoms with E-state index in [9.17, 15) is 0 Å². The van der Waals surface area contributed by atoms with Gasteiger partial charge in [-0.2, -0.15) is 0 Å². The van der Waals surface area contributed by atoms with E-state index in [-0.39, 0.29) is 0 Å². The minimum absolute atomic E-state index is 0.556. The van der Waals surface area contributed by atoms with Gasteiger partial charge in [-0.15, -0.1) is 0 Å². The Labute approximate surface area is 102 Å². The van der Waals surface area contributed by atoms with Gasteiger partial charge in [0, 0.05) is 44.1 Å². The van der Waals surface area contributed by atoms with Crippen molar-refractivity contribution in [3.8, 4) is 0 Å². The fourth-order valence-electron chi connectivity index (χ4n) is 2.22. The fourth-order valence-corrected chi connectivity index (χ4v) is 2.50. The second-order valence-electron chi connectivity index (χ2n) is 4.74. The van der Waals surface area contributed by atoms with Crippen molar-refractivity contribution in [2.45, 2.75) is 19.5 Å². The van der Waals surface area contributed by atoms with Crippen molar-refractivity contribution in [1.82, 2.24) is 19.4 Å². The van der Waals surface area contributed by atoms with Crippen molar-refractivity contribution >= 4 is 12.2 Å². The molecule has 0 bridgehead atoms. The van der Waals surface area contributed by atoms with Gasteiger partial charge in [-0.25, -0.2) is 0 Å². The molecule has 1 aromatic rings. The Hall–Kier alpha value is -0.650. The van der Waals surface area contributed by atoms with Gasteiger partial charge in [0.2, 0.25) is 0 Å². The molecule has 2 heterocycles. The molecule has 1 N–H and O–H groups in total. The van der Waals surface area contributed by atoms with Gasteiger partial charge >= 0.3 is 0 Å². The van der Waals surface area contributed by atoms with Gasteiger partial charge < -0.3 is 14.5 Å². The summed E-state index contributed by atoms with van der Waals surface area (Å²) < 4.78 is 3.02. The molecular formula is C11H20N4S. The molecule has 0 aliphatic carbocycles. The van der Waals surface area contributed by atoms with Crippen LogP contribution < -0.4 is 0 Å². The predicted molar refractivity (Wildman–Crippen MR) is 68.3 cm³/mol. The molecule has 1 fully saturated rings. The highest BCUT2D eigenvalue weighted by Crippen LogP contribution is 2.10. The molecule has 1 aliphatic heterocycles. The van der Waals surface area contributed by atoms with Crippen LogP contribution >= 0.6 is 12.2 Å². The summed E-state index contributed by atoms with van der Waals surface area (Å²) >= 11 is 5.28. The van der Waals surface area contributed by atoms with Gasteiger partial charge in [-0.1, -0.05) is 0 Å². The lowest BCUT2D eigenvalue weighted by Crippen LogP contribution is -2.51. The Balaban J connectivity index is 2.11. The van der Waals surface area contributed by atoms with Crippen molar-refractivity contribution in [2.24, 2.45) is 0 Å². The normalized spacial score (nSPS) is 23.8. The highest BCUT2D eigenvalue weighted by molar-refractivity contribution is 7.71. The number of aromatic nitrogens is 2. The summed E-state index contributed by atoms with van der Waals surface area (Å²) in [6.07, 6.45) is 1.98. The van der Waals surface area contributed by atoms with E-state index in [1.807, 2.05) is 6.20 Å². The standard InChI is InChI=1S/C11H20N4S/c1-9-6-12-11(16)15(9)8-10-7-13(2)4-5-14(10)3/h6,10H,4-5,7-8H2,1-3H3,(H,12,16). The number of aryl methyl sites for hydroxylation is 1. The van der Waals surface area contributed by atoms with E-state index >= 15 is 0 Å². The van der Waals surface area contributed by atoms with Crippen LogP contribution in [-0.2, 0) is 6.54 Å². The second-order valence-corrected chi connectivity index (χ2v) is 5.13. The summed E-state index contributed by atoms with van der Waals surface area (Å²) in [4.78, 5) is 7.91. The van der Waals surface area contributed by atoms with Crippen molar-refractivity contribution < 1.29 is 0 Å². The van der Waals surface area contributed by atoms with E-state index < -0.39 is 0 Å². The van der Waals surface area contributed by atoms with E-state index in [4.69, 9.17) is 12.2 Å². The molecule has 1 atom stereocenters. The predicted octanol–water partition coefficient (Wildman–Crippen LogP) is 1.10. The van der Waals surface area contributed by atoms with Gasteiger partial charge in [0.05, 0.1) is 0 Å². The second kappa shape index (κ2) is 4.69. The number of rotatable bonds is 2. The summed E-state index contributed by atoms with van der Waals surface area (Å²) in [5, 5.41) is 0. The number of H-pyrrole nitrogens is 1. The highest BCUT2D eigenvalue weighted by Gasteiger charge is 2.22. The van der Waals surface area contributed by atoms with Gasteiger partial charge in [0.1, 0.15) is 0 Å². The van der Waals surface area contributed by atoms with Crippen molar-refractivity contribution in [3.05, 3.63) is 16.7 Å². The lowest BCUT2D eigenvalue weighted by molar-refractivity contribution is 0.102. The SMILES string of the molecule is Cc1c[nH]c(=S)n1CC1CN(C)CCN1C. The third kappa shape index (κ3) is 2.36. The highest BCUT2D eigenvalue weighted by atomic mass is 32.1. The summed E-state index contributed by atoms with van der Waals surface area (Å²) in [6.45, 7) is 6.49. The first kappa shape index (κ1) is 11.8. The van der Waals surface area contributed by atoms with Gasteiger partial charge in [0.15, 0.2) is 4.77 Å². The first-order valence-electron chi connectivity index (χ1n) is 5.71. The Bertz CT molecular complexity index is 408. The van der Waals surface area contributed by atoms with Gasteiger partial charge in [-0.05, 0) is 33.2 Å². The molecule has 0 spiro atoms. The van der Waals surface area contributed by atoms with Crippen molar-refractivity contribution in [2.75, 3.05) is 33.7 Å². The third-order valence-corrected chi connectivity index (χ3v) is 3.79. The smallest absolute Gasteiger partial charge is 0.177 e. The molecule has 5 heteroatoms. The summed E-state index contributed by atoms with van der Waals surface area (Å²) in [6, 6.07) is 0.556. The van der Waals surface area contributed by atoms with E-state index in [1.54, 1.807) is 0 Å². The van der Waals surface area contributed by atoms with E-state index in [0.717, 1.165) is 31.0 Å². The first-order chi connectivity index (χ1) is 7.58. The van der Waals surface area contributed by atoms with Crippen LogP contribution in [0.25, 0.3) is 0 Å². The average Bonchev–Trinajstić information content (AvgIpc) is 2.55. The topological polar surface area (TPSA) is 27.2 Å².